The van der Waals surface area contributed by atoms with Gasteiger partial charge in [-0.15, -0.1) is 23.7 Å². The van der Waals surface area contributed by atoms with E-state index in [1.807, 2.05) is 31.3 Å². The van der Waals surface area contributed by atoms with Gasteiger partial charge in [-0.05, 0) is 19.2 Å². The number of aromatic nitrogens is 1. The molecule has 104 valence electrons. The Kier molecular flexibility index (Phi) is 7.15. The molecular formula is C12H16ClN3OS2. The van der Waals surface area contributed by atoms with Crippen molar-refractivity contribution >= 4 is 51.6 Å². The van der Waals surface area contributed by atoms with Gasteiger partial charge < -0.3 is 10.6 Å². The first kappa shape index (κ1) is 16.2. The van der Waals surface area contributed by atoms with Gasteiger partial charge in [0.25, 0.3) is 0 Å². The van der Waals surface area contributed by atoms with Crippen LogP contribution in [-0.2, 0) is 4.79 Å². The molecule has 0 atom stereocenters. The van der Waals surface area contributed by atoms with Crippen molar-refractivity contribution in [3.8, 4) is 0 Å². The third-order valence-corrected chi connectivity index (χ3v) is 4.48. The summed E-state index contributed by atoms with van der Waals surface area (Å²) in [5, 5.41) is 5.82. The van der Waals surface area contributed by atoms with E-state index in [9.17, 15) is 4.79 Å². The van der Waals surface area contributed by atoms with Gasteiger partial charge in [-0.2, -0.15) is 0 Å². The molecule has 1 amide bonds. The van der Waals surface area contributed by atoms with Crippen LogP contribution in [0.3, 0.4) is 0 Å². The van der Waals surface area contributed by atoms with Crippen molar-refractivity contribution in [3.05, 3.63) is 24.3 Å². The molecule has 0 saturated carbocycles. The van der Waals surface area contributed by atoms with Crippen molar-refractivity contribution in [2.24, 2.45) is 0 Å². The maximum atomic E-state index is 11.5. The van der Waals surface area contributed by atoms with Crippen LogP contribution in [0.2, 0.25) is 0 Å². The number of halogens is 1. The van der Waals surface area contributed by atoms with Crippen LogP contribution < -0.4 is 10.6 Å². The number of hydrogen-bond acceptors (Lipinski definition) is 5. The predicted molar refractivity (Wildman–Crippen MR) is 84.5 cm³/mol. The molecule has 1 aromatic carbocycles. The van der Waals surface area contributed by atoms with Crippen molar-refractivity contribution in [1.29, 1.82) is 0 Å². The lowest BCUT2D eigenvalue weighted by atomic mass is 10.3. The summed E-state index contributed by atoms with van der Waals surface area (Å²) in [6, 6.07) is 8.01. The van der Waals surface area contributed by atoms with Gasteiger partial charge in [-0.1, -0.05) is 23.9 Å². The second kappa shape index (κ2) is 8.37. The maximum absolute atomic E-state index is 11.5. The number of thioether (sulfide) groups is 1. The van der Waals surface area contributed by atoms with Gasteiger partial charge in [0, 0.05) is 13.1 Å². The van der Waals surface area contributed by atoms with E-state index in [4.69, 9.17) is 0 Å². The van der Waals surface area contributed by atoms with E-state index in [1.165, 1.54) is 11.8 Å². The fourth-order valence-electron chi connectivity index (χ4n) is 1.42. The van der Waals surface area contributed by atoms with Gasteiger partial charge in [0.1, 0.15) is 0 Å². The number of benzene rings is 1. The number of rotatable bonds is 6. The summed E-state index contributed by atoms with van der Waals surface area (Å²) in [4.78, 5) is 16.0. The van der Waals surface area contributed by atoms with Gasteiger partial charge in [0.15, 0.2) is 4.34 Å². The molecule has 1 heterocycles. The zero-order chi connectivity index (χ0) is 12.8. The third kappa shape index (κ3) is 4.99. The van der Waals surface area contributed by atoms with Gasteiger partial charge >= 0.3 is 0 Å². The summed E-state index contributed by atoms with van der Waals surface area (Å²) in [6.45, 7) is 1.45. The highest BCUT2D eigenvalue weighted by Crippen LogP contribution is 2.28. The normalized spacial score (nSPS) is 10.2. The molecule has 0 aliphatic heterocycles. The molecule has 0 unspecified atom stereocenters. The average molecular weight is 318 g/mol. The first-order valence-electron chi connectivity index (χ1n) is 5.69. The van der Waals surface area contributed by atoms with Crippen molar-refractivity contribution in [1.82, 2.24) is 15.6 Å². The number of likely N-dealkylation sites (N-methyl/N-ethyl adjacent to an activating group) is 1. The monoisotopic (exact) mass is 317 g/mol. The van der Waals surface area contributed by atoms with Crippen LogP contribution in [-0.4, -0.2) is 36.8 Å². The lowest BCUT2D eigenvalue weighted by molar-refractivity contribution is -0.118. The number of amides is 1. The van der Waals surface area contributed by atoms with E-state index in [2.05, 4.69) is 15.6 Å². The number of fused-ring (bicyclic) bond motifs is 1. The number of nitrogens with one attached hydrogen (secondary N) is 2. The molecule has 0 fully saturated rings. The Morgan fingerprint density at radius 1 is 1.37 bits per heavy atom. The Balaban J connectivity index is 0.00000180. The Hall–Kier alpha value is -0.820. The zero-order valence-electron chi connectivity index (χ0n) is 10.5. The van der Waals surface area contributed by atoms with Crippen LogP contribution >= 0.6 is 35.5 Å². The van der Waals surface area contributed by atoms with Crippen molar-refractivity contribution in [2.75, 3.05) is 25.9 Å². The average Bonchev–Trinajstić information content (AvgIpc) is 2.79. The molecule has 2 N–H and O–H groups in total. The molecule has 0 aliphatic carbocycles. The molecule has 7 heteroatoms. The Labute approximate surface area is 126 Å². The van der Waals surface area contributed by atoms with Gasteiger partial charge in [0.05, 0.1) is 16.0 Å². The van der Waals surface area contributed by atoms with Crippen LogP contribution in [0.4, 0.5) is 0 Å². The summed E-state index contributed by atoms with van der Waals surface area (Å²) in [6.07, 6.45) is 0. The first-order chi connectivity index (χ1) is 8.79. The predicted octanol–water partition coefficient (Wildman–Crippen LogP) is 2.15. The van der Waals surface area contributed by atoms with E-state index in [0.29, 0.717) is 12.3 Å². The van der Waals surface area contributed by atoms with Crippen molar-refractivity contribution in [2.45, 2.75) is 4.34 Å². The number of carbonyl (C=O) groups is 1. The van der Waals surface area contributed by atoms with E-state index in [0.717, 1.165) is 21.1 Å². The fraction of sp³-hybridized carbons (Fsp3) is 0.333. The third-order valence-electron chi connectivity index (χ3n) is 2.30. The molecule has 0 radical (unpaired) electrons. The van der Waals surface area contributed by atoms with E-state index in [1.54, 1.807) is 11.3 Å². The molecule has 2 aromatic rings. The number of carbonyl (C=O) groups excluding carboxylic acids is 1. The molecule has 0 spiro atoms. The SMILES string of the molecule is CNCCNC(=O)CSc1nc2ccccc2s1.Cl. The number of hydrogen-bond donors (Lipinski definition) is 2. The summed E-state index contributed by atoms with van der Waals surface area (Å²) >= 11 is 3.11. The number of para-hydroxylation sites is 1. The highest BCUT2D eigenvalue weighted by Gasteiger charge is 2.06. The molecule has 4 nitrogen and oxygen atoms in total. The summed E-state index contributed by atoms with van der Waals surface area (Å²) < 4.78 is 2.11. The van der Waals surface area contributed by atoms with Crippen LogP contribution in [0.1, 0.15) is 0 Å². The summed E-state index contributed by atoms with van der Waals surface area (Å²) in [5.41, 5.74) is 1.00. The summed E-state index contributed by atoms with van der Waals surface area (Å²) in [7, 11) is 1.86. The smallest absolute Gasteiger partial charge is 0.230 e. The van der Waals surface area contributed by atoms with E-state index in [-0.39, 0.29) is 18.3 Å². The second-order valence-corrected chi connectivity index (χ2v) is 5.94. The first-order valence-corrected chi connectivity index (χ1v) is 7.49. The van der Waals surface area contributed by atoms with Gasteiger partial charge in [-0.3, -0.25) is 4.79 Å². The minimum Gasteiger partial charge on any atom is -0.354 e. The molecule has 1 aromatic heterocycles. The number of thiazole rings is 1. The zero-order valence-corrected chi connectivity index (χ0v) is 13.0. The highest BCUT2D eigenvalue weighted by molar-refractivity contribution is 8.01. The van der Waals surface area contributed by atoms with Crippen molar-refractivity contribution < 1.29 is 4.79 Å². The molecule has 0 saturated heterocycles. The molecule has 0 bridgehead atoms. The standard InChI is InChI=1S/C12H15N3OS2.ClH/c1-13-6-7-14-11(16)8-17-12-15-9-4-2-3-5-10(9)18-12;/h2-5,13H,6-8H2,1H3,(H,14,16);1H. The van der Waals surface area contributed by atoms with Crippen LogP contribution in [0, 0.1) is 0 Å². The topological polar surface area (TPSA) is 54.0 Å². The minimum absolute atomic E-state index is 0. The van der Waals surface area contributed by atoms with Crippen LogP contribution in [0.15, 0.2) is 28.6 Å². The van der Waals surface area contributed by atoms with Crippen LogP contribution in [0.5, 0.6) is 0 Å². The molecular weight excluding hydrogens is 302 g/mol. The van der Waals surface area contributed by atoms with E-state index >= 15 is 0 Å². The van der Waals surface area contributed by atoms with Crippen molar-refractivity contribution in [3.63, 3.8) is 0 Å². The minimum atomic E-state index is 0. The second-order valence-electron chi connectivity index (χ2n) is 3.69. The Morgan fingerprint density at radius 3 is 2.89 bits per heavy atom. The molecule has 0 aliphatic rings. The number of nitrogens with zero attached hydrogens (tertiary/aromatic N) is 1. The van der Waals surface area contributed by atoms with Crippen LogP contribution in [0.25, 0.3) is 10.2 Å². The maximum Gasteiger partial charge on any atom is 0.230 e. The largest absolute Gasteiger partial charge is 0.354 e. The van der Waals surface area contributed by atoms with Gasteiger partial charge in [0.2, 0.25) is 5.91 Å². The van der Waals surface area contributed by atoms with Gasteiger partial charge in [-0.25, -0.2) is 4.98 Å². The lowest BCUT2D eigenvalue weighted by Crippen LogP contribution is -2.31. The fourth-order valence-corrected chi connectivity index (χ4v) is 3.32. The molecule has 2 rings (SSSR count). The Morgan fingerprint density at radius 2 is 2.16 bits per heavy atom. The summed E-state index contributed by atoms with van der Waals surface area (Å²) in [5.74, 6) is 0.471. The quantitative estimate of drug-likeness (QED) is 0.633. The lowest BCUT2D eigenvalue weighted by Gasteiger charge is -2.02. The highest BCUT2D eigenvalue weighted by atomic mass is 35.5. The van der Waals surface area contributed by atoms with E-state index < -0.39 is 0 Å². The Bertz CT molecular complexity index is 499. The molecule has 19 heavy (non-hydrogen) atoms.